The van der Waals surface area contributed by atoms with Crippen LogP contribution in [0, 0.1) is 11.3 Å². The van der Waals surface area contributed by atoms with E-state index in [1.807, 2.05) is 51.2 Å². The fraction of sp³-hybridized carbons (Fsp3) is 0.938. The van der Waals surface area contributed by atoms with Crippen molar-refractivity contribution in [1.29, 1.82) is 0 Å². The number of rotatable bonds is 8. The van der Waals surface area contributed by atoms with Gasteiger partial charge < -0.3 is 5.32 Å². The number of nitrogens with one attached hydrogen (secondary N) is 1. The van der Waals surface area contributed by atoms with E-state index in [2.05, 4.69) is 32.3 Å². The number of carbonyl (C=O) groups is 1. The Kier molecular flexibility index (Phi) is 8.65. The van der Waals surface area contributed by atoms with Gasteiger partial charge in [0.25, 0.3) is 0 Å². The van der Waals surface area contributed by atoms with Gasteiger partial charge in [0.1, 0.15) is 0 Å². The fourth-order valence-corrected chi connectivity index (χ4v) is 3.68. The van der Waals surface area contributed by atoms with Crippen molar-refractivity contribution in [2.75, 3.05) is 17.8 Å². The zero-order chi connectivity index (χ0) is 16.0. The molecule has 0 rings (SSSR count). The van der Waals surface area contributed by atoms with E-state index in [9.17, 15) is 4.79 Å². The molecule has 0 radical (unpaired) electrons. The van der Waals surface area contributed by atoms with Crippen LogP contribution < -0.4 is 5.32 Å². The first-order chi connectivity index (χ1) is 8.98. The molecule has 1 amide bonds. The van der Waals surface area contributed by atoms with Gasteiger partial charge >= 0.3 is 0 Å². The van der Waals surface area contributed by atoms with Crippen LogP contribution in [-0.4, -0.2) is 34.5 Å². The van der Waals surface area contributed by atoms with Gasteiger partial charge in [0.15, 0.2) is 0 Å². The van der Waals surface area contributed by atoms with Crippen molar-refractivity contribution < 1.29 is 4.79 Å². The van der Waals surface area contributed by atoms with Crippen molar-refractivity contribution in [3.8, 4) is 0 Å². The van der Waals surface area contributed by atoms with Crippen LogP contribution >= 0.6 is 23.5 Å². The van der Waals surface area contributed by atoms with Crippen LogP contribution in [0.3, 0.4) is 0 Å². The van der Waals surface area contributed by atoms with Gasteiger partial charge in [0, 0.05) is 16.7 Å². The van der Waals surface area contributed by atoms with Crippen LogP contribution in [0.2, 0.25) is 0 Å². The Balaban J connectivity index is 4.26. The molecule has 2 nitrogen and oxygen atoms in total. The Hall–Kier alpha value is 0.170. The molecule has 4 heteroatoms. The minimum atomic E-state index is -0.145. The van der Waals surface area contributed by atoms with E-state index in [4.69, 9.17) is 0 Å². The number of thioether (sulfide) groups is 2. The van der Waals surface area contributed by atoms with E-state index in [0.29, 0.717) is 10.7 Å². The highest BCUT2D eigenvalue weighted by atomic mass is 32.2. The van der Waals surface area contributed by atoms with Crippen LogP contribution in [-0.2, 0) is 4.79 Å². The molecule has 2 atom stereocenters. The van der Waals surface area contributed by atoms with Crippen LogP contribution in [0.1, 0.15) is 54.9 Å². The summed E-state index contributed by atoms with van der Waals surface area (Å²) in [7, 11) is 0. The first-order valence-electron chi connectivity index (χ1n) is 7.41. The highest BCUT2D eigenvalue weighted by Gasteiger charge is 2.26. The highest BCUT2D eigenvalue weighted by Crippen LogP contribution is 2.31. The quantitative estimate of drug-likeness (QED) is 0.717. The molecule has 0 aliphatic heterocycles. The van der Waals surface area contributed by atoms with Crippen molar-refractivity contribution in [3.05, 3.63) is 0 Å². The van der Waals surface area contributed by atoms with Gasteiger partial charge in [-0.05, 0) is 50.4 Å². The summed E-state index contributed by atoms with van der Waals surface area (Å²) in [4.78, 5) is 12.2. The number of hydrogen-bond acceptors (Lipinski definition) is 3. The standard InChI is InChI=1S/C16H33NOS2/c1-12(14(18)17-15(3,4)5)13(2)20-11-16(6,7)9-10-19-8/h12-13H,9-11H2,1-8H3,(H,17,18). The molecule has 0 fully saturated rings. The summed E-state index contributed by atoms with van der Waals surface area (Å²) in [6.45, 7) is 14.9. The fourth-order valence-electron chi connectivity index (χ4n) is 1.65. The van der Waals surface area contributed by atoms with Crippen molar-refractivity contribution in [1.82, 2.24) is 5.32 Å². The zero-order valence-electron chi connectivity index (χ0n) is 14.5. The average Bonchev–Trinajstić information content (AvgIpc) is 2.30. The third kappa shape index (κ3) is 9.17. The molecule has 0 saturated carbocycles. The maximum atomic E-state index is 12.2. The molecule has 0 aromatic heterocycles. The minimum Gasteiger partial charge on any atom is -0.351 e. The number of carbonyl (C=O) groups excluding carboxylic acids is 1. The monoisotopic (exact) mass is 319 g/mol. The summed E-state index contributed by atoms with van der Waals surface area (Å²) in [5, 5.41) is 3.43. The first kappa shape index (κ1) is 20.2. The molecular formula is C16H33NOS2. The topological polar surface area (TPSA) is 29.1 Å². The summed E-state index contributed by atoms with van der Waals surface area (Å²) in [6, 6.07) is 0. The van der Waals surface area contributed by atoms with E-state index in [1.54, 1.807) is 0 Å². The van der Waals surface area contributed by atoms with Crippen molar-refractivity contribution in [3.63, 3.8) is 0 Å². The molecule has 20 heavy (non-hydrogen) atoms. The third-order valence-corrected chi connectivity index (χ3v) is 5.83. The predicted octanol–water partition coefficient (Wildman–Crippen LogP) is 4.44. The molecular weight excluding hydrogens is 286 g/mol. The second kappa shape index (κ2) is 8.57. The molecule has 0 aliphatic rings. The molecule has 0 aliphatic carbocycles. The lowest BCUT2D eigenvalue weighted by Gasteiger charge is -2.29. The molecule has 120 valence electrons. The van der Waals surface area contributed by atoms with Crippen LogP contribution in [0.5, 0.6) is 0 Å². The number of amides is 1. The van der Waals surface area contributed by atoms with Gasteiger partial charge in [-0.15, -0.1) is 0 Å². The lowest BCUT2D eigenvalue weighted by Crippen LogP contribution is -2.45. The first-order valence-corrected chi connectivity index (χ1v) is 9.85. The van der Waals surface area contributed by atoms with E-state index in [-0.39, 0.29) is 17.4 Å². The Labute approximate surface area is 134 Å². The molecule has 0 heterocycles. The number of hydrogen-bond donors (Lipinski definition) is 1. The third-order valence-electron chi connectivity index (χ3n) is 3.34. The van der Waals surface area contributed by atoms with Gasteiger partial charge in [0.05, 0.1) is 0 Å². The lowest BCUT2D eigenvalue weighted by molar-refractivity contribution is -0.125. The summed E-state index contributed by atoms with van der Waals surface area (Å²) >= 11 is 3.83. The van der Waals surface area contributed by atoms with Gasteiger partial charge in [-0.2, -0.15) is 23.5 Å². The Morgan fingerprint density at radius 2 is 1.70 bits per heavy atom. The van der Waals surface area contributed by atoms with Gasteiger partial charge in [-0.1, -0.05) is 27.7 Å². The maximum absolute atomic E-state index is 12.2. The van der Waals surface area contributed by atoms with Crippen molar-refractivity contribution >= 4 is 29.4 Å². The zero-order valence-corrected chi connectivity index (χ0v) is 16.1. The average molecular weight is 320 g/mol. The SMILES string of the molecule is CSCCC(C)(C)CSC(C)C(C)C(=O)NC(C)(C)C. The van der Waals surface area contributed by atoms with E-state index in [0.717, 1.165) is 5.75 Å². The lowest BCUT2D eigenvalue weighted by atomic mass is 9.93. The maximum Gasteiger partial charge on any atom is 0.224 e. The summed E-state index contributed by atoms with van der Waals surface area (Å²) in [6.07, 6.45) is 3.39. The molecule has 0 saturated heterocycles. The second-order valence-electron chi connectivity index (χ2n) is 7.45. The summed E-state index contributed by atoms with van der Waals surface area (Å²) < 4.78 is 0. The molecule has 1 N–H and O–H groups in total. The van der Waals surface area contributed by atoms with Gasteiger partial charge in [0.2, 0.25) is 5.91 Å². The van der Waals surface area contributed by atoms with E-state index in [1.165, 1.54) is 12.2 Å². The molecule has 0 aromatic carbocycles. The van der Waals surface area contributed by atoms with E-state index >= 15 is 0 Å². The second-order valence-corrected chi connectivity index (χ2v) is 9.80. The Bertz CT molecular complexity index is 297. The normalized spacial score (nSPS) is 15.8. The van der Waals surface area contributed by atoms with Gasteiger partial charge in [-0.3, -0.25) is 4.79 Å². The highest BCUT2D eigenvalue weighted by molar-refractivity contribution is 8.00. The molecule has 0 spiro atoms. The predicted molar refractivity (Wildman–Crippen MR) is 95.8 cm³/mol. The van der Waals surface area contributed by atoms with Crippen molar-refractivity contribution in [2.24, 2.45) is 11.3 Å². The Morgan fingerprint density at radius 3 is 2.15 bits per heavy atom. The smallest absolute Gasteiger partial charge is 0.224 e. The van der Waals surface area contributed by atoms with Gasteiger partial charge in [-0.25, -0.2) is 0 Å². The summed E-state index contributed by atoms with van der Waals surface area (Å²) in [5.74, 6) is 2.54. The van der Waals surface area contributed by atoms with Crippen LogP contribution in [0.4, 0.5) is 0 Å². The minimum absolute atomic E-state index is 0.0515. The largest absolute Gasteiger partial charge is 0.351 e. The van der Waals surface area contributed by atoms with E-state index < -0.39 is 0 Å². The van der Waals surface area contributed by atoms with Crippen LogP contribution in [0.15, 0.2) is 0 Å². The molecule has 0 bridgehead atoms. The molecule has 2 unspecified atom stereocenters. The summed E-state index contributed by atoms with van der Waals surface area (Å²) in [5.41, 5.74) is 0.204. The molecule has 0 aromatic rings. The van der Waals surface area contributed by atoms with Crippen molar-refractivity contribution in [2.45, 2.75) is 65.7 Å². The van der Waals surface area contributed by atoms with Crippen LogP contribution in [0.25, 0.3) is 0 Å². The Morgan fingerprint density at radius 1 is 1.15 bits per heavy atom.